The fraction of sp³-hybridized carbons (Fsp3) is 0.238. The Bertz CT molecular complexity index is 979. The van der Waals surface area contributed by atoms with Crippen LogP contribution in [0.2, 0.25) is 0 Å². The maximum absolute atomic E-state index is 12.6. The molecule has 29 heavy (non-hydrogen) atoms. The molecular weight excluding hydrogens is 386 g/mol. The molecule has 6 nitrogen and oxygen atoms in total. The number of fused-ring (bicyclic) bond motifs is 1. The summed E-state index contributed by atoms with van der Waals surface area (Å²) in [4.78, 5) is 24.6. The number of carbonyl (C=O) groups excluding carboxylic acids is 2. The van der Waals surface area contributed by atoms with Crippen LogP contribution in [0, 0.1) is 0 Å². The molecule has 1 saturated heterocycles. The van der Waals surface area contributed by atoms with Crippen LogP contribution in [0.5, 0.6) is 17.2 Å². The van der Waals surface area contributed by atoms with E-state index in [4.69, 9.17) is 14.2 Å². The topological polar surface area (TPSA) is 71.1 Å². The number of benzene rings is 2. The predicted molar refractivity (Wildman–Crippen MR) is 97.1 cm³/mol. The molecular formula is C21H16F2O6. The normalized spacial score (nSPS) is 19.3. The number of hydrogen-bond acceptors (Lipinski definition) is 6. The summed E-state index contributed by atoms with van der Waals surface area (Å²) in [5.74, 6) is -0.600. The summed E-state index contributed by atoms with van der Waals surface area (Å²) < 4.78 is 45.8. The Morgan fingerprint density at radius 2 is 2.03 bits per heavy atom. The third-order valence-corrected chi connectivity index (χ3v) is 4.47. The smallest absolute Gasteiger partial charge is 0.387 e. The SMILES string of the molecule is O=C1/C(=C/c2ccccc2OC(F)F)Oc2cc(OC(=O)C3CCCO3)ccc21. The zero-order valence-electron chi connectivity index (χ0n) is 15.1. The monoisotopic (exact) mass is 402 g/mol. The van der Waals surface area contributed by atoms with Gasteiger partial charge in [-0.1, -0.05) is 18.2 Å². The highest BCUT2D eigenvalue weighted by Crippen LogP contribution is 2.36. The molecule has 150 valence electrons. The molecule has 1 fully saturated rings. The summed E-state index contributed by atoms with van der Waals surface area (Å²) in [5.41, 5.74) is 0.550. The van der Waals surface area contributed by atoms with E-state index in [0.29, 0.717) is 13.0 Å². The molecule has 0 bridgehead atoms. The van der Waals surface area contributed by atoms with E-state index >= 15 is 0 Å². The van der Waals surface area contributed by atoms with Crippen LogP contribution in [-0.4, -0.2) is 31.1 Å². The van der Waals surface area contributed by atoms with E-state index in [9.17, 15) is 18.4 Å². The van der Waals surface area contributed by atoms with Crippen molar-refractivity contribution in [2.45, 2.75) is 25.6 Å². The molecule has 1 atom stereocenters. The second kappa shape index (κ2) is 8.00. The predicted octanol–water partition coefficient (Wildman–Crippen LogP) is 3.99. The van der Waals surface area contributed by atoms with E-state index in [0.717, 1.165) is 6.42 Å². The first kappa shape index (κ1) is 19.1. The number of alkyl halides is 2. The second-order valence-electron chi connectivity index (χ2n) is 6.44. The highest BCUT2D eigenvalue weighted by molar-refractivity contribution is 6.14. The molecule has 8 heteroatoms. The number of hydrogen-bond donors (Lipinski definition) is 0. The minimum absolute atomic E-state index is 0.0482. The summed E-state index contributed by atoms with van der Waals surface area (Å²) in [6.07, 6.45) is 2.14. The first-order valence-corrected chi connectivity index (χ1v) is 8.97. The lowest BCUT2D eigenvalue weighted by molar-refractivity contribution is -0.144. The molecule has 2 aromatic carbocycles. The average Bonchev–Trinajstić information content (AvgIpc) is 3.32. The largest absolute Gasteiger partial charge is 0.452 e. The van der Waals surface area contributed by atoms with Gasteiger partial charge in [0.2, 0.25) is 5.78 Å². The number of ketones is 1. The fourth-order valence-electron chi connectivity index (χ4n) is 3.12. The van der Waals surface area contributed by atoms with Gasteiger partial charge in [-0.15, -0.1) is 0 Å². The second-order valence-corrected chi connectivity index (χ2v) is 6.44. The van der Waals surface area contributed by atoms with Gasteiger partial charge in [-0.05, 0) is 37.1 Å². The van der Waals surface area contributed by atoms with Gasteiger partial charge in [0.25, 0.3) is 0 Å². The summed E-state index contributed by atoms with van der Waals surface area (Å²) in [6.45, 7) is -2.47. The van der Waals surface area contributed by atoms with Crippen molar-refractivity contribution in [2.75, 3.05) is 6.61 Å². The van der Waals surface area contributed by atoms with Gasteiger partial charge in [-0.25, -0.2) is 4.79 Å². The molecule has 0 N–H and O–H groups in total. The van der Waals surface area contributed by atoms with Gasteiger partial charge < -0.3 is 18.9 Å². The van der Waals surface area contributed by atoms with Crippen LogP contribution < -0.4 is 14.2 Å². The Labute approximate surface area is 164 Å². The molecule has 0 aromatic heterocycles. The molecule has 0 radical (unpaired) electrons. The number of halogens is 2. The minimum Gasteiger partial charge on any atom is -0.452 e. The van der Waals surface area contributed by atoms with Gasteiger partial charge in [-0.2, -0.15) is 8.78 Å². The lowest BCUT2D eigenvalue weighted by Crippen LogP contribution is -2.24. The molecule has 1 unspecified atom stereocenters. The van der Waals surface area contributed by atoms with Crippen molar-refractivity contribution in [3.05, 3.63) is 59.4 Å². The summed E-state index contributed by atoms with van der Waals surface area (Å²) in [6, 6.07) is 10.5. The van der Waals surface area contributed by atoms with E-state index < -0.39 is 24.5 Å². The van der Waals surface area contributed by atoms with Gasteiger partial charge in [0.1, 0.15) is 17.2 Å². The number of ether oxygens (including phenoxy) is 4. The van der Waals surface area contributed by atoms with Crippen molar-refractivity contribution >= 4 is 17.8 Å². The molecule has 0 spiro atoms. The molecule has 0 aliphatic carbocycles. The van der Waals surface area contributed by atoms with Gasteiger partial charge in [-0.3, -0.25) is 4.79 Å². The fourth-order valence-corrected chi connectivity index (χ4v) is 3.12. The number of rotatable bonds is 5. The zero-order valence-corrected chi connectivity index (χ0v) is 15.1. The van der Waals surface area contributed by atoms with Crippen LogP contribution in [-0.2, 0) is 9.53 Å². The van der Waals surface area contributed by atoms with Crippen molar-refractivity contribution in [3.8, 4) is 17.2 Å². The Balaban J connectivity index is 1.54. The van der Waals surface area contributed by atoms with Crippen molar-refractivity contribution in [1.29, 1.82) is 0 Å². The first-order valence-electron chi connectivity index (χ1n) is 8.97. The van der Waals surface area contributed by atoms with Gasteiger partial charge in [0, 0.05) is 18.2 Å². The van der Waals surface area contributed by atoms with Gasteiger partial charge in [0.15, 0.2) is 11.9 Å². The van der Waals surface area contributed by atoms with Crippen LogP contribution in [0.4, 0.5) is 8.78 Å². The third kappa shape index (κ3) is 4.12. The minimum atomic E-state index is -2.99. The lowest BCUT2D eigenvalue weighted by atomic mass is 10.1. The van der Waals surface area contributed by atoms with Gasteiger partial charge in [0.05, 0.1) is 5.56 Å². The molecule has 2 aromatic rings. The molecule has 2 aliphatic heterocycles. The van der Waals surface area contributed by atoms with E-state index in [1.54, 1.807) is 12.1 Å². The maximum atomic E-state index is 12.6. The van der Waals surface area contributed by atoms with Crippen LogP contribution in [0.1, 0.15) is 28.8 Å². The van der Waals surface area contributed by atoms with E-state index in [-0.39, 0.29) is 34.1 Å². The summed E-state index contributed by atoms with van der Waals surface area (Å²) in [7, 11) is 0. The Morgan fingerprint density at radius 3 is 2.79 bits per heavy atom. The lowest BCUT2D eigenvalue weighted by Gasteiger charge is -2.09. The van der Waals surface area contributed by atoms with Crippen LogP contribution >= 0.6 is 0 Å². The molecule has 0 saturated carbocycles. The first-order chi connectivity index (χ1) is 14.0. The molecule has 0 amide bonds. The number of esters is 1. The highest BCUT2D eigenvalue weighted by atomic mass is 19.3. The summed E-state index contributed by atoms with van der Waals surface area (Å²) >= 11 is 0. The van der Waals surface area contributed by atoms with Crippen molar-refractivity contribution in [3.63, 3.8) is 0 Å². The standard InChI is InChI=1S/C21H16F2O6/c22-21(23)29-15-5-2-1-4-12(15)10-18-19(24)14-8-7-13(11-17(14)28-18)27-20(25)16-6-3-9-26-16/h1-2,4-5,7-8,10-11,16,21H,3,6,9H2/b18-10-. The van der Waals surface area contributed by atoms with E-state index in [2.05, 4.69) is 4.74 Å². The number of para-hydroxylation sites is 1. The Morgan fingerprint density at radius 1 is 1.21 bits per heavy atom. The van der Waals surface area contributed by atoms with Gasteiger partial charge >= 0.3 is 12.6 Å². The van der Waals surface area contributed by atoms with Crippen LogP contribution in [0.3, 0.4) is 0 Å². The molecule has 2 heterocycles. The van der Waals surface area contributed by atoms with Crippen molar-refractivity contribution in [2.24, 2.45) is 0 Å². The van der Waals surface area contributed by atoms with Crippen LogP contribution in [0.25, 0.3) is 6.08 Å². The number of allylic oxidation sites excluding steroid dienone is 1. The quantitative estimate of drug-likeness (QED) is 0.428. The molecule has 4 rings (SSSR count). The van der Waals surface area contributed by atoms with Crippen molar-refractivity contribution < 1.29 is 37.3 Å². The summed E-state index contributed by atoms with van der Waals surface area (Å²) in [5, 5.41) is 0. The van der Waals surface area contributed by atoms with E-state index in [1.165, 1.54) is 36.4 Å². The number of Topliss-reactive ketones (excluding diaryl/α,β-unsaturated/α-hetero) is 1. The van der Waals surface area contributed by atoms with Crippen LogP contribution in [0.15, 0.2) is 48.2 Å². The molecule has 2 aliphatic rings. The third-order valence-electron chi connectivity index (χ3n) is 4.47. The van der Waals surface area contributed by atoms with Crippen molar-refractivity contribution in [1.82, 2.24) is 0 Å². The van der Waals surface area contributed by atoms with E-state index in [1.807, 2.05) is 0 Å². The maximum Gasteiger partial charge on any atom is 0.387 e. The average molecular weight is 402 g/mol. The number of carbonyl (C=O) groups is 2. The zero-order chi connectivity index (χ0) is 20.4. The Kier molecular flexibility index (Phi) is 5.26. The Hall–Kier alpha value is -3.26. The highest BCUT2D eigenvalue weighted by Gasteiger charge is 2.30.